The number of sulfonamides is 2. The maximum Gasteiger partial charge on any atom is 0.256 e. The van der Waals surface area contributed by atoms with Crippen molar-refractivity contribution in [3.63, 3.8) is 0 Å². The van der Waals surface area contributed by atoms with E-state index >= 15 is 0 Å². The zero-order chi connectivity index (χ0) is 22.1. The Labute approximate surface area is 173 Å². The number of rotatable bonds is 5. The molecule has 0 unspecified atom stereocenters. The second kappa shape index (κ2) is 8.28. The number of anilines is 1. The molecule has 1 fully saturated rings. The number of para-hydroxylation sites is 1. The molecule has 1 aliphatic rings. The lowest BCUT2D eigenvalue weighted by molar-refractivity contribution is 0.0699. The van der Waals surface area contributed by atoms with Crippen molar-refractivity contribution in [2.24, 2.45) is 0 Å². The summed E-state index contributed by atoms with van der Waals surface area (Å²) in [5.41, 5.74) is 0.265. The number of hydrogen-bond donors (Lipinski definition) is 1. The summed E-state index contributed by atoms with van der Waals surface area (Å²) in [7, 11) is -7.65. The monoisotopic (exact) mass is 459 g/mol. The van der Waals surface area contributed by atoms with Crippen molar-refractivity contribution in [2.75, 3.05) is 37.2 Å². The van der Waals surface area contributed by atoms with E-state index in [1.165, 1.54) is 17.0 Å². The molecule has 0 aliphatic carbocycles. The molecule has 0 radical (unpaired) electrons. The van der Waals surface area contributed by atoms with Gasteiger partial charge in [0, 0.05) is 26.2 Å². The number of carbonyl (C=O) groups is 1. The number of benzene rings is 2. The molecule has 2 aromatic carbocycles. The Hall–Kier alpha value is -2.57. The number of carbonyl (C=O) groups excluding carboxylic acids is 1. The highest BCUT2D eigenvalue weighted by Crippen LogP contribution is 2.22. The summed E-state index contributed by atoms with van der Waals surface area (Å²) in [5.74, 6) is -2.86. The van der Waals surface area contributed by atoms with Gasteiger partial charge in [0.2, 0.25) is 20.0 Å². The van der Waals surface area contributed by atoms with Gasteiger partial charge in [-0.05, 0) is 30.3 Å². The Morgan fingerprint density at radius 2 is 1.57 bits per heavy atom. The van der Waals surface area contributed by atoms with Crippen molar-refractivity contribution in [2.45, 2.75) is 4.90 Å². The molecule has 2 aromatic rings. The Morgan fingerprint density at radius 1 is 0.933 bits per heavy atom. The van der Waals surface area contributed by atoms with E-state index in [2.05, 4.69) is 4.72 Å². The van der Waals surface area contributed by atoms with E-state index in [9.17, 15) is 30.4 Å². The van der Waals surface area contributed by atoms with E-state index in [4.69, 9.17) is 0 Å². The molecule has 0 atom stereocenters. The third-order valence-corrected chi connectivity index (χ3v) is 6.99. The minimum absolute atomic E-state index is 0.0469. The van der Waals surface area contributed by atoms with E-state index < -0.39 is 37.6 Å². The summed E-state index contributed by atoms with van der Waals surface area (Å²) < 4.78 is 78.3. The first kappa shape index (κ1) is 22.1. The summed E-state index contributed by atoms with van der Waals surface area (Å²) in [5, 5.41) is 0. The first-order chi connectivity index (χ1) is 14.0. The zero-order valence-corrected chi connectivity index (χ0v) is 17.5. The van der Waals surface area contributed by atoms with Gasteiger partial charge in [0.1, 0.15) is 0 Å². The Bertz CT molecular complexity index is 1180. The molecule has 162 valence electrons. The van der Waals surface area contributed by atoms with Crippen LogP contribution in [0.5, 0.6) is 0 Å². The number of nitrogens with zero attached hydrogens (tertiary/aromatic N) is 2. The van der Waals surface area contributed by atoms with Gasteiger partial charge in [0.15, 0.2) is 11.6 Å². The molecule has 30 heavy (non-hydrogen) atoms. The second-order valence-electron chi connectivity index (χ2n) is 6.69. The average Bonchev–Trinajstić information content (AvgIpc) is 2.69. The van der Waals surface area contributed by atoms with Crippen molar-refractivity contribution >= 4 is 31.6 Å². The highest BCUT2D eigenvalue weighted by atomic mass is 32.2. The molecule has 0 aromatic heterocycles. The number of nitrogens with one attached hydrogen (secondary N) is 1. The molecule has 0 spiro atoms. The fourth-order valence-corrected chi connectivity index (χ4v) is 5.06. The summed E-state index contributed by atoms with van der Waals surface area (Å²) in [6, 6.07) is 8.45. The average molecular weight is 459 g/mol. The van der Waals surface area contributed by atoms with Crippen LogP contribution in [0.2, 0.25) is 0 Å². The van der Waals surface area contributed by atoms with Gasteiger partial charge in [0.25, 0.3) is 5.91 Å². The molecular weight excluding hydrogens is 440 g/mol. The second-order valence-corrected chi connectivity index (χ2v) is 10.4. The number of halogens is 2. The molecule has 1 saturated heterocycles. The molecule has 1 amide bonds. The van der Waals surface area contributed by atoms with Gasteiger partial charge >= 0.3 is 0 Å². The molecule has 0 bridgehead atoms. The molecular formula is C18H19F2N3O5S2. The van der Waals surface area contributed by atoms with Crippen LogP contribution >= 0.6 is 0 Å². The van der Waals surface area contributed by atoms with Gasteiger partial charge in [-0.2, -0.15) is 4.31 Å². The maximum absolute atomic E-state index is 13.4. The summed E-state index contributed by atoms with van der Waals surface area (Å²) >= 11 is 0. The third-order valence-electron chi connectivity index (χ3n) is 4.51. The maximum atomic E-state index is 13.4. The van der Waals surface area contributed by atoms with Crippen LogP contribution in [-0.4, -0.2) is 64.4 Å². The van der Waals surface area contributed by atoms with Crippen molar-refractivity contribution in [1.82, 2.24) is 9.21 Å². The lowest BCUT2D eigenvalue weighted by atomic mass is 10.1. The highest BCUT2D eigenvalue weighted by molar-refractivity contribution is 7.92. The molecule has 3 rings (SSSR count). The first-order valence-electron chi connectivity index (χ1n) is 8.80. The van der Waals surface area contributed by atoms with Crippen molar-refractivity contribution in [3.8, 4) is 0 Å². The zero-order valence-electron chi connectivity index (χ0n) is 15.9. The lowest BCUT2D eigenvalue weighted by Gasteiger charge is -2.34. The van der Waals surface area contributed by atoms with E-state index in [-0.39, 0.29) is 42.3 Å². The Morgan fingerprint density at radius 3 is 2.17 bits per heavy atom. The van der Waals surface area contributed by atoms with Crippen molar-refractivity contribution in [3.05, 3.63) is 59.7 Å². The predicted molar refractivity (Wildman–Crippen MR) is 106 cm³/mol. The van der Waals surface area contributed by atoms with Gasteiger partial charge in [-0.1, -0.05) is 12.1 Å². The van der Waals surface area contributed by atoms with Crippen molar-refractivity contribution in [1.29, 1.82) is 0 Å². The first-order valence-corrected chi connectivity index (χ1v) is 12.1. The predicted octanol–water partition coefficient (Wildman–Crippen LogP) is 1.48. The van der Waals surface area contributed by atoms with Crippen LogP contribution < -0.4 is 4.72 Å². The summed E-state index contributed by atoms with van der Waals surface area (Å²) in [4.78, 5) is 13.9. The van der Waals surface area contributed by atoms with Crippen LogP contribution in [0.3, 0.4) is 0 Å². The number of amides is 1. The van der Waals surface area contributed by atoms with Gasteiger partial charge in [-0.3, -0.25) is 9.52 Å². The minimum Gasteiger partial charge on any atom is -0.336 e. The van der Waals surface area contributed by atoms with E-state index in [0.29, 0.717) is 6.07 Å². The van der Waals surface area contributed by atoms with Gasteiger partial charge < -0.3 is 4.90 Å². The van der Waals surface area contributed by atoms with Crippen LogP contribution in [0.4, 0.5) is 14.5 Å². The lowest BCUT2D eigenvalue weighted by Crippen LogP contribution is -2.50. The van der Waals surface area contributed by atoms with E-state index in [1.807, 2.05) is 0 Å². The van der Waals surface area contributed by atoms with Crippen LogP contribution in [0.25, 0.3) is 0 Å². The van der Waals surface area contributed by atoms with Crippen molar-refractivity contribution < 1.29 is 30.4 Å². The molecule has 8 nitrogen and oxygen atoms in total. The van der Waals surface area contributed by atoms with Gasteiger partial charge in [-0.25, -0.2) is 25.6 Å². The Kier molecular flexibility index (Phi) is 6.11. The summed E-state index contributed by atoms with van der Waals surface area (Å²) in [6.45, 7) is 0.00732. The van der Waals surface area contributed by atoms with E-state index in [1.54, 1.807) is 12.1 Å². The van der Waals surface area contributed by atoms with Crippen LogP contribution in [0.1, 0.15) is 10.4 Å². The number of piperazine rings is 1. The quantitative estimate of drug-likeness (QED) is 0.730. The van der Waals surface area contributed by atoms with E-state index in [0.717, 1.165) is 22.7 Å². The fraction of sp³-hybridized carbons (Fsp3) is 0.278. The van der Waals surface area contributed by atoms with Gasteiger partial charge in [0.05, 0.1) is 22.4 Å². The standard InChI is InChI=1S/C18H19F2N3O5S2/c1-29(25,26)21-17-5-3-2-4-14(17)18(24)22-8-10-23(11-9-22)30(27,28)13-6-7-15(19)16(20)12-13/h2-7,12,21H,8-11H2,1H3. The SMILES string of the molecule is CS(=O)(=O)Nc1ccccc1C(=O)N1CCN(S(=O)(=O)c2ccc(F)c(F)c2)CC1. The largest absolute Gasteiger partial charge is 0.336 e. The minimum atomic E-state index is -4.05. The normalized spacial score (nSPS) is 15.8. The van der Waals surface area contributed by atoms with Crippen LogP contribution in [0.15, 0.2) is 47.4 Å². The van der Waals surface area contributed by atoms with Crippen LogP contribution in [-0.2, 0) is 20.0 Å². The smallest absolute Gasteiger partial charge is 0.256 e. The Balaban J connectivity index is 1.74. The fourth-order valence-electron chi connectivity index (χ4n) is 3.05. The summed E-state index contributed by atoms with van der Waals surface area (Å²) in [6.07, 6.45) is 0.968. The molecule has 12 heteroatoms. The molecule has 0 saturated carbocycles. The molecule has 1 heterocycles. The van der Waals surface area contributed by atoms with Gasteiger partial charge in [-0.15, -0.1) is 0 Å². The van der Waals surface area contributed by atoms with Crippen LogP contribution in [0, 0.1) is 11.6 Å². The number of hydrogen-bond acceptors (Lipinski definition) is 5. The molecule has 1 N–H and O–H groups in total. The topological polar surface area (TPSA) is 104 Å². The highest BCUT2D eigenvalue weighted by Gasteiger charge is 2.31. The molecule has 1 aliphatic heterocycles. The third kappa shape index (κ3) is 4.77.